The molecular weight excluding hydrogens is 316 g/mol. The second-order valence-electron chi connectivity index (χ2n) is 6.82. The number of para-hydroxylation sites is 1. The lowest BCUT2D eigenvalue weighted by atomic mass is 10.1. The number of rotatable bonds is 5. The number of benzene rings is 1. The van der Waals surface area contributed by atoms with Crippen molar-refractivity contribution in [1.82, 2.24) is 19.9 Å². The summed E-state index contributed by atoms with van der Waals surface area (Å²) in [5.41, 5.74) is 2.44. The molecule has 0 unspecified atom stereocenters. The third-order valence-corrected chi connectivity index (χ3v) is 4.94. The van der Waals surface area contributed by atoms with Crippen LogP contribution in [-0.2, 0) is 4.74 Å². The molecule has 1 saturated heterocycles. The Bertz CT molecular complexity index is 737. The number of carbonyl (C=O) groups is 1. The Kier molecular flexibility index (Phi) is 4.53. The first kappa shape index (κ1) is 16.3. The molecule has 1 aliphatic heterocycles. The molecule has 1 saturated carbocycles. The summed E-state index contributed by atoms with van der Waals surface area (Å²) in [6.07, 6.45) is 4.33. The van der Waals surface area contributed by atoms with Gasteiger partial charge in [-0.2, -0.15) is 0 Å². The van der Waals surface area contributed by atoms with Crippen molar-refractivity contribution < 1.29 is 9.53 Å². The maximum absolute atomic E-state index is 13.1. The first-order valence-corrected chi connectivity index (χ1v) is 9.19. The number of ether oxygens (including phenoxy) is 1. The molecule has 1 aromatic heterocycles. The lowest BCUT2D eigenvalue weighted by Gasteiger charge is -2.32. The van der Waals surface area contributed by atoms with Crippen molar-refractivity contribution >= 4 is 5.91 Å². The Morgan fingerprint density at radius 2 is 2.04 bits per heavy atom. The van der Waals surface area contributed by atoms with E-state index in [1.165, 1.54) is 0 Å². The van der Waals surface area contributed by atoms with Crippen LogP contribution in [0.2, 0.25) is 0 Å². The molecule has 0 bridgehead atoms. The first-order valence-electron chi connectivity index (χ1n) is 9.19. The lowest BCUT2D eigenvalue weighted by Crippen LogP contribution is -2.43. The van der Waals surface area contributed by atoms with Gasteiger partial charge in [-0.3, -0.25) is 4.79 Å². The average molecular weight is 340 g/mol. The second-order valence-corrected chi connectivity index (χ2v) is 6.82. The molecule has 2 aromatic rings. The molecule has 0 N–H and O–H groups in total. The van der Waals surface area contributed by atoms with Crippen LogP contribution in [-0.4, -0.2) is 51.6 Å². The highest BCUT2D eigenvalue weighted by molar-refractivity contribution is 5.93. The van der Waals surface area contributed by atoms with Crippen LogP contribution >= 0.6 is 0 Å². The van der Waals surface area contributed by atoms with Crippen LogP contribution in [0.4, 0.5) is 0 Å². The molecule has 0 radical (unpaired) electrons. The fourth-order valence-electron chi connectivity index (χ4n) is 3.57. The highest BCUT2D eigenvalue weighted by Crippen LogP contribution is 2.42. The molecule has 4 rings (SSSR count). The molecule has 1 aromatic carbocycles. The van der Waals surface area contributed by atoms with Gasteiger partial charge >= 0.3 is 0 Å². The minimum absolute atomic E-state index is 0.00603. The van der Waals surface area contributed by atoms with Crippen LogP contribution in [0, 0.1) is 0 Å². The van der Waals surface area contributed by atoms with Crippen LogP contribution in [0.3, 0.4) is 0 Å². The van der Waals surface area contributed by atoms with E-state index in [9.17, 15) is 4.79 Å². The van der Waals surface area contributed by atoms with Gasteiger partial charge in [0, 0.05) is 25.6 Å². The van der Waals surface area contributed by atoms with Crippen molar-refractivity contribution in [3.8, 4) is 5.69 Å². The number of piperidine rings is 1. The molecule has 25 heavy (non-hydrogen) atoms. The maximum Gasteiger partial charge on any atom is 0.276 e. The van der Waals surface area contributed by atoms with E-state index in [4.69, 9.17) is 4.74 Å². The summed E-state index contributed by atoms with van der Waals surface area (Å²) in [4.78, 5) is 15.0. The lowest BCUT2D eigenvalue weighted by molar-refractivity contribution is 0.00698. The molecule has 0 spiro atoms. The minimum Gasteiger partial charge on any atom is -0.377 e. The molecule has 1 aliphatic carbocycles. The highest BCUT2D eigenvalue weighted by Gasteiger charge is 2.36. The number of nitrogens with zero attached hydrogens (tertiary/aromatic N) is 4. The van der Waals surface area contributed by atoms with E-state index in [0.29, 0.717) is 24.8 Å². The molecular formula is C19H24N4O2. The Labute approximate surface area is 147 Å². The van der Waals surface area contributed by atoms with Crippen LogP contribution in [0.25, 0.3) is 5.69 Å². The van der Waals surface area contributed by atoms with Crippen molar-refractivity contribution in [3.63, 3.8) is 0 Å². The van der Waals surface area contributed by atoms with Crippen LogP contribution < -0.4 is 0 Å². The Morgan fingerprint density at radius 3 is 2.76 bits per heavy atom. The largest absolute Gasteiger partial charge is 0.377 e. The number of hydrogen-bond acceptors (Lipinski definition) is 4. The number of hydrogen-bond donors (Lipinski definition) is 0. The average Bonchev–Trinajstić information content (AvgIpc) is 3.40. The summed E-state index contributed by atoms with van der Waals surface area (Å²) in [5, 5.41) is 8.59. The van der Waals surface area contributed by atoms with Gasteiger partial charge in [-0.15, -0.1) is 5.10 Å². The Balaban J connectivity index is 1.62. The van der Waals surface area contributed by atoms with Gasteiger partial charge in [0.25, 0.3) is 5.91 Å². The standard InChI is InChI=1S/C19H24N4O2/c1-2-25-16-9-6-12-22(13-16)19(24)17-18(14-10-11-14)23(21-20-17)15-7-4-3-5-8-15/h3-5,7-8,14,16H,2,6,9-13H2,1H3/t16-/m1/s1. The van der Waals surface area contributed by atoms with Gasteiger partial charge in [-0.1, -0.05) is 23.4 Å². The highest BCUT2D eigenvalue weighted by atomic mass is 16.5. The monoisotopic (exact) mass is 340 g/mol. The molecule has 1 atom stereocenters. The van der Waals surface area contributed by atoms with E-state index >= 15 is 0 Å². The van der Waals surface area contributed by atoms with Crippen molar-refractivity contribution in [2.75, 3.05) is 19.7 Å². The molecule has 2 fully saturated rings. The molecule has 2 aliphatic rings. The van der Waals surface area contributed by atoms with Gasteiger partial charge in [0.05, 0.1) is 17.5 Å². The van der Waals surface area contributed by atoms with E-state index in [-0.39, 0.29) is 12.0 Å². The van der Waals surface area contributed by atoms with Gasteiger partial charge in [-0.05, 0) is 44.7 Å². The van der Waals surface area contributed by atoms with Crippen LogP contribution in [0.5, 0.6) is 0 Å². The van der Waals surface area contributed by atoms with E-state index < -0.39 is 0 Å². The van der Waals surface area contributed by atoms with E-state index in [1.54, 1.807) is 0 Å². The predicted octanol–water partition coefficient (Wildman–Crippen LogP) is 2.79. The van der Waals surface area contributed by atoms with Crippen molar-refractivity contribution in [3.05, 3.63) is 41.7 Å². The zero-order valence-electron chi connectivity index (χ0n) is 14.6. The maximum atomic E-state index is 13.1. The fraction of sp³-hybridized carbons (Fsp3) is 0.526. The van der Waals surface area contributed by atoms with Gasteiger partial charge in [0.15, 0.2) is 5.69 Å². The number of amides is 1. The number of likely N-dealkylation sites (tertiary alicyclic amines) is 1. The normalized spacial score (nSPS) is 20.7. The van der Waals surface area contributed by atoms with Crippen molar-refractivity contribution in [2.45, 2.75) is 44.6 Å². The summed E-state index contributed by atoms with van der Waals surface area (Å²) in [6.45, 7) is 4.10. The zero-order valence-corrected chi connectivity index (χ0v) is 14.6. The van der Waals surface area contributed by atoms with E-state index in [0.717, 1.165) is 43.6 Å². The first-order chi connectivity index (χ1) is 12.3. The summed E-state index contributed by atoms with van der Waals surface area (Å²) in [5.74, 6) is 0.384. The van der Waals surface area contributed by atoms with Crippen LogP contribution in [0.15, 0.2) is 30.3 Å². The Morgan fingerprint density at radius 1 is 1.24 bits per heavy atom. The summed E-state index contributed by atoms with van der Waals surface area (Å²) in [7, 11) is 0. The summed E-state index contributed by atoms with van der Waals surface area (Å²) >= 11 is 0. The quantitative estimate of drug-likeness (QED) is 0.840. The molecule has 2 heterocycles. The van der Waals surface area contributed by atoms with E-state index in [1.807, 2.05) is 46.8 Å². The topological polar surface area (TPSA) is 60.2 Å². The third kappa shape index (κ3) is 3.31. The Hall–Kier alpha value is -2.21. The predicted molar refractivity (Wildman–Crippen MR) is 93.9 cm³/mol. The van der Waals surface area contributed by atoms with Gasteiger partial charge in [0.2, 0.25) is 0 Å². The second kappa shape index (κ2) is 6.96. The van der Waals surface area contributed by atoms with Crippen molar-refractivity contribution in [2.24, 2.45) is 0 Å². The minimum atomic E-state index is -0.00603. The fourth-order valence-corrected chi connectivity index (χ4v) is 3.57. The van der Waals surface area contributed by atoms with Gasteiger partial charge < -0.3 is 9.64 Å². The zero-order chi connectivity index (χ0) is 17.2. The molecule has 6 nitrogen and oxygen atoms in total. The van der Waals surface area contributed by atoms with Crippen LogP contribution in [0.1, 0.15) is 54.7 Å². The van der Waals surface area contributed by atoms with Gasteiger partial charge in [0.1, 0.15) is 0 Å². The smallest absolute Gasteiger partial charge is 0.276 e. The summed E-state index contributed by atoms with van der Waals surface area (Å²) in [6, 6.07) is 9.94. The van der Waals surface area contributed by atoms with Crippen molar-refractivity contribution in [1.29, 1.82) is 0 Å². The number of aromatic nitrogens is 3. The van der Waals surface area contributed by atoms with E-state index in [2.05, 4.69) is 10.3 Å². The number of carbonyl (C=O) groups excluding carboxylic acids is 1. The molecule has 6 heteroatoms. The SMILES string of the molecule is CCO[C@@H]1CCCN(C(=O)c2nnn(-c3ccccc3)c2C2CC2)C1. The summed E-state index contributed by atoms with van der Waals surface area (Å²) < 4.78 is 7.57. The molecule has 132 valence electrons. The van der Waals surface area contributed by atoms with Gasteiger partial charge in [-0.25, -0.2) is 4.68 Å². The molecule has 1 amide bonds. The third-order valence-electron chi connectivity index (χ3n) is 4.94.